The summed E-state index contributed by atoms with van der Waals surface area (Å²) in [4.78, 5) is 17.0. The van der Waals surface area contributed by atoms with Crippen LogP contribution in [0.5, 0.6) is 0 Å². The number of imidazole rings is 1. The number of hydrogen-bond acceptors (Lipinski definition) is 6. The van der Waals surface area contributed by atoms with Gasteiger partial charge in [-0.3, -0.25) is 9.55 Å². The molecule has 0 spiro atoms. The van der Waals surface area contributed by atoms with Crippen LogP contribution in [0.4, 0.5) is 23.1 Å². The van der Waals surface area contributed by atoms with E-state index in [1.165, 1.54) is 6.33 Å². The summed E-state index contributed by atoms with van der Waals surface area (Å²) in [6, 6.07) is 13.1. The largest absolute Gasteiger partial charge is 0.339 e. The van der Waals surface area contributed by atoms with Gasteiger partial charge in [0, 0.05) is 24.7 Å². The molecule has 0 aliphatic carbocycles. The van der Waals surface area contributed by atoms with Crippen molar-refractivity contribution in [1.82, 2.24) is 24.5 Å². The molecule has 1 aromatic carbocycles. The Morgan fingerprint density at radius 1 is 0.923 bits per heavy atom. The highest BCUT2D eigenvalue weighted by Gasteiger charge is 2.09. The van der Waals surface area contributed by atoms with Crippen LogP contribution in [0.25, 0.3) is 5.82 Å². The number of halogens is 1. The van der Waals surface area contributed by atoms with Crippen LogP contribution in [-0.4, -0.2) is 24.5 Å². The van der Waals surface area contributed by atoms with E-state index in [4.69, 9.17) is 11.6 Å². The summed E-state index contributed by atoms with van der Waals surface area (Å²) in [5, 5.41) is 7.03. The molecule has 0 unspecified atom stereocenters. The topological polar surface area (TPSA) is 80.5 Å². The van der Waals surface area contributed by atoms with Crippen LogP contribution in [0.3, 0.4) is 0 Å². The fraction of sp³-hybridized carbons (Fsp3) is 0. The lowest BCUT2D eigenvalue weighted by molar-refractivity contribution is 0.979. The van der Waals surface area contributed by atoms with E-state index >= 15 is 0 Å². The van der Waals surface area contributed by atoms with Gasteiger partial charge in [0.05, 0.1) is 22.6 Å². The highest BCUT2D eigenvalue weighted by molar-refractivity contribution is 6.33. The maximum absolute atomic E-state index is 6.21. The molecule has 26 heavy (non-hydrogen) atoms. The first-order valence-electron chi connectivity index (χ1n) is 7.84. The Morgan fingerprint density at radius 2 is 1.85 bits per heavy atom. The zero-order chi connectivity index (χ0) is 17.8. The van der Waals surface area contributed by atoms with Crippen molar-refractivity contribution in [2.45, 2.75) is 0 Å². The maximum atomic E-state index is 6.21. The molecule has 0 radical (unpaired) electrons. The monoisotopic (exact) mass is 363 g/mol. The highest BCUT2D eigenvalue weighted by Crippen LogP contribution is 2.25. The number of hydrogen-bond donors (Lipinski definition) is 2. The summed E-state index contributed by atoms with van der Waals surface area (Å²) in [5.41, 5.74) is 1.61. The van der Waals surface area contributed by atoms with E-state index in [1.807, 2.05) is 53.2 Å². The Labute approximate surface area is 154 Å². The Morgan fingerprint density at radius 3 is 2.69 bits per heavy atom. The minimum absolute atomic E-state index is 0.601. The minimum atomic E-state index is 0.601. The molecule has 0 saturated heterocycles. The number of pyridine rings is 1. The number of nitrogens with zero attached hydrogens (tertiary/aromatic N) is 5. The van der Waals surface area contributed by atoms with E-state index in [0.717, 1.165) is 11.4 Å². The molecule has 4 rings (SSSR count). The van der Waals surface area contributed by atoms with E-state index in [9.17, 15) is 0 Å². The van der Waals surface area contributed by atoms with E-state index in [0.29, 0.717) is 22.6 Å². The van der Waals surface area contributed by atoms with Crippen molar-refractivity contribution in [2.24, 2.45) is 0 Å². The second-order valence-corrected chi connectivity index (χ2v) is 5.76. The molecule has 0 amide bonds. The maximum Gasteiger partial charge on any atom is 0.213 e. The molecule has 0 atom stereocenters. The standard InChI is InChI=1S/C18H14ClN7/c19-14-5-1-2-6-15(14)25-18-21-8-9-26(18)17-10-16(22-12-23-17)24-13-4-3-7-20-11-13/h1-12H,(H,21,25)(H,22,23,24). The van der Waals surface area contributed by atoms with Crippen LogP contribution in [0.2, 0.25) is 5.02 Å². The third-order valence-corrected chi connectivity index (χ3v) is 3.92. The van der Waals surface area contributed by atoms with E-state index in [-0.39, 0.29) is 0 Å². The SMILES string of the molecule is Clc1ccccc1Nc1nccn1-c1cc(Nc2cccnc2)ncn1. The second kappa shape index (κ2) is 7.20. The van der Waals surface area contributed by atoms with Crippen LogP contribution in [0.1, 0.15) is 0 Å². The number of anilines is 4. The van der Waals surface area contributed by atoms with E-state index in [2.05, 4.69) is 30.6 Å². The molecule has 3 heterocycles. The number of para-hydroxylation sites is 1. The van der Waals surface area contributed by atoms with Crippen LogP contribution in [-0.2, 0) is 0 Å². The molecule has 0 bridgehead atoms. The zero-order valence-corrected chi connectivity index (χ0v) is 14.3. The zero-order valence-electron chi connectivity index (χ0n) is 13.5. The summed E-state index contributed by atoms with van der Waals surface area (Å²) >= 11 is 6.21. The van der Waals surface area contributed by atoms with Crippen molar-refractivity contribution in [3.8, 4) is 5.82 Å². The van der Waals surface area contributed by atoms with Gasteiger partial charge in [0.15, 0.2) is 0 Å². The molecule has 4 aromatic rings. The Bertz CT molecular complexity index is 1020. The van der Waals surface area contributed by atoms with Gasteiger partial charge in [0.2, 0.25) is 5.95 Å². The van der Waals surface area contributed by atoms with Crippen LogP contribution in [0, 0.1) is 0 Å². The van der Waals surface area contributed by atoms with Crippen molar-refractivity contribution >= 4 is 34.7 Å². The van der Waals surface area contributed by atoms with Crippen molar-refractivity contribution in [3.05, 3.63) is 78.6 Å². The van der Waals surface area contributed by atoms with Gasteiger partial charge in [0.1, 0.15) is 18.0 Å². The second-order valence-electron chi connectivity index (χ2n) is 5.35. The van der Waals surface area contributed by atoms with Gasteiger partial charge in [-0.05, 0) is 24.3 Å². The predicted octanol–water partition coefficient (Wildman–Crippen LogP) is 4.20. The lowest BCUT2D eigenvalue weighted by Gasteiger charge is -2.11. The average molecular weight is 364 g/mol. The summed E-state index contributed by atoms with van der Waals surface area (Å²) in [7, 11) is 0. The van der Waals surface area contributed by atoms with Crippen molar-refractivity contribution in [1.29, 1.82) is 0 Å². The molecule has 0 saturated carbocycles. The first-order chi connectivity index (χ1) is 12.8. The molecule has 0 aliphatic heterocycles. The van der Waals surface area contributed by atoms with Gasteiger partial charge in [-0.2, -0.15) is 0 Å². The molecule has 0 fully saturated rings. The van der Waals surface area contributed by atoms with E-state index < -0.39 is 0 Å². The summed E-state index contributed by atoms with van der Waals surface area (Å²) in [5.74, 6) is 1.92. The normalized spacial score (nSPS) is 10.5. The van der Waals surface area contributed by atoms with Gasteiger partial charge < -0.3 is 10.6 Å². The van der Waals surface area contributed by atoms with Gasteiger partial charge >= 0.3 is 0 Å². The van der Waals surface area contributed by atoms with Gasteiger partial charge in [-0.15, -0.1) is 0 Å². The Hall–Kier alpha value is -3.45. The fourth-order valence-corrected chi connectivity index (χ4v) is 2.58. The molecule has 2 N–H and O–H groups in total. The Balaban J connectivity index is 1.62. The molecule has 7 nitrogen and oxygen atoms in total. The lowest BCUT2D eigenvalue weighted by atomic mass is 10.3. The number of aromatic nitrogens is 5. The minimum Gasteiger partial charge on any atom is -0.339 e. The quantitative estimate of drug-likeness (QED) is 0.553. The van der Waals surface area contributed by atoms with Crippen LogP contribution in [0.15, 0.2) is 73.6 Å². The molecular formula is C18H14ClN7. The number of nitrogens with one attached hydrogen (secondary N) is 2. The van der Waals surface area contributed by atoms with Crippen molar-refractivity contribution in [2.75, 3.05) is 10.6 Å². The third kappa shape index (κ3) is 3.47. The molecule has 0 aliphatic rings. The van der Waals surface area contributed by atoms with Crippen molar-refractivity contribution < 1.29 is 0 Å². The summed E-state index contributed by atoms with van der Waals surface area (Å²) < 4.78 is 1.82. The first-order valence-corrected chi connectivity index (χ1v) is 8.22. The smallest absolute Gasteiger partial charge is 0.213 e. The third-order valence-electron chi connectivity index (χ3n) is 3.59. The van der Waals surface area contributed by atoms with Crippen molar-refractivity contribution in [3.63, 3.8) is 0 Å². The fourth-order valence-electron chi connectivity index (χ4n) is 2.40. The predicted molar refractivity (Wildman–Crippen MR) is 101 cm³/mol. The molecular weight excluding hydrogens is 350 g/mol. The number of benzene rings is 1. The van der Waals surface area contributed by atoms with Gasteiger partial charge in [-0.25, -0.2) is 15.0 Å². The molecule has 3 aromatic heterocycles. The van der Waals surface area contributed by atoms with Crippen LogP contribution >= 0.6 is 11.6 Å². The molecule has 8 heteroatoms. The van der Waals surface area contributed by atoms with Gasteiger partial charge in [-0.1, -0.05) is 23.7 Å². The highest BCUT2D eigenvalue weighted by atomic mass is 35.5. The average Bonchev–Trinajstić information content (AvgIpc) is 3.13. The summed E-state index contributed by atoms with van der Waals surface area (Å²) in [6.07, 6.45) is 8.44. The Kier molecular flexibility index (Phi) is 4.44. The van der Waals surface area contributed by atoms with E-state index in [1.54, 1.807) is 18.6 Å². The lowest BCUT2D eigenvalue weighted by Crippen LogP contribution is -2.04. The molecule has 128 valence electrons. The van der Waals surface area contributed by atoms with Crippen LogP contribution < -0.4 is 10.6 Å². The number of rotatable bonds is 5. The summed E-state index contributed by atoms with van der Waals surface area (Å²) in [6.45, 7) is 0. The van der Waals surface area contributed by atoms with Gasteiger partial charge in [0.25, 0.3) is 0 Å². The first kappa shape index (κ1) is 16.0.